The number of nitrogens with one attached hydrogen (secondary N) is 1. The summed E-state index contributed by atoms with van der Waals surface area (Å²) in [5.74, 6) is -1.08. The number of nitrogens with two attached hydrogens (primary N) is 2. The summed E-state index contributed by atoms with van der Waals surface area (Å²) in [5.41, 5.74) is 14.3. The van der Waals surface area contributed by atoms with Crippen LogP contribution in [-0.4, -0.2) is 37.7 Å². The van der Waals surface area contributed by atoms with Crippen LogP contribution in [0.2, 0.25) is 0 Å². The second-order valence-corrected chi connectivity index (χ2v) is 8.09. The first-order chi connectivity index (χ1) is 13.3. The Kier molecular flexibility index (Phi) is 5.96. The Morgan fingerprint density at radius 1 is 1.39 bits per heavy atom. The molecule has 0 spiro atoms. The predicted molar refractivity (Wildman–Crippen MR) is 108 cm³/mol. The summed E-state index contributed by atoms with van der Waals surface area (Å²) >= 11 is 0. The standard InChI is InChI=1S/C21H28N4O3/c1-21(2)9-14-18(16(26)10-21)17(13-5-3-4-7-24-11-13)19(20(23)27)15(25-14)12-28-8-6-22/h3,5,7,11,17,25H,4,6,8-10,12,22H2,1-2H3,(H2,23,27). The summed E-state index contributed by atoms with van der Waals surface area (Å²) < 4.78 is 5.59. The van der Waals surface area contributed by atoms with Crippen molar-refractivity contribution in [1.82, 2.24) is 5.32 Å². The Labute approximate surface area is 165 Å². The molecule has 1 aliphatic carbocycles. The van der Waals surface area contributed by atoms with E-state index in [1.807, 2.05) is 12.2 Å². The third kappa shape index (κ3) is 4.15. The maximum atomic E-state index is 13.1. The summed E-state index contributed by atoms with van der Waals surface area (Å²) in [7, 11) is 0. The Morgan fingerprint density at radius 2 is 2.18 bits per heavy atom. The zero-order valence-corrected chi connectivity index (χ0v) is 16.5. The van der Waals surface area contributed by atoms with Crippen LogP contribution in [0.3, 0.4) is 0 Å². The van der Waals surface area contributed by atoms with Crippen molar-refractivity contribution in [3.8, 4) is 0 Å². The molecule has 1 unspecified atom stereocenters. The molecule has 0 aromatic heterocycles. The molecule has 2 heterocycles. The third-order valence-corrected chi connectivity index (χ3v) is 5.11. The van der Waals surface area contributed by atoms with E-state index in [0.717, 1.165) is 11.3 Å². The molecule has 3 aliphatic rings. The van der Waals surface area contributed by atoms with Crippen LogP contribution in [-0.2, 0) is 14.3 Å². The molecule has 0 fully saturated rings. The van der Waals surface area contributed by atoms with E-state index in [0.29, 0.717) is 49.3 Å². The minimum Gasteiger partial charge on any atom is -0.374 e. The zero-order chi connectivity index (χ0) is 20.3. The molecular weight excluding hydrogens is 356 g/mol. The number of dihydropyridines is 1. The summed E-state index contributed by atoms with van der Waals surface area (Å²) in [4.78, 5) is 29.9. The van der Waals surface area contributed by atoms with Gasteiger partial charge in [-0.05, 0) is 17.4 Å². The molecule has 0 aromatic carbocycles. The predicted octanol–water partition coefficient (Wildman–Crippen LogP) is 1.48. The van der Waals surface area contributed by atoms with E-state index >= 15 is 0 Å². The highest BCUT2D eigenvalue weighted by Crippen LogP contribution is 2.45. The lowest BCUT2D eigenvalue weighted by atomic mass is 9.68. The summed E-state index contributed by atoms with van der Waals surface area (Å²) in [6.07, 6.45) is 9.20. The minimum absolute atomic E-state index is 0.0342. The Hall–Kier alpha value is -2.51. The minimum atomic E-state index is -0.574. The number of nitrogens with zero attached hydrogens (tertiary/aromatic N) is 1. The van der Waals surface area contributed by atoms with Gasteiger partial charge in [-0.1, -0.05) is 26.0 Å². The van der Waals surface area contributed by atoms with Crippen LogP contribution in [0.25, 0.3) is 0 Å². The van der Waals surface area contributed by atoms with Crippen LogP contribution >= 0.6 is 0 Å². The first-order valence-electron chi connectivity index (χ1n) is 9.56. The van der Waals surface area contributed by atoms with Crippen molar-refractivity contribution >= 4 is 17.9 Å². The molecule has 7 heteroatoms. The Bertz CT molecular complexity index is 831. The summed E-state index contributed by atoms with van der Waals surface area (Å²) in [5, 5.41) is 3.30. The molecule has 0 saturated heterocycles. The average Bonchev–Trinajstić information content (AvgIpc) is 2.88. The first kappa shape index (κ1) is 20.2. The normalized spacial score (nSPS) is 23.9. The third-order valence-electron chi connectivity index (χ3n) is 5.11. The SMILES string of the molecule is CC1(C)CC(=O)C2=C(C1)NC(COCCN)=C(C(N)=O)C2C1=CN=CCC=C1. The molecule has 1 atom stereocenters. The van der Waals surface area contributed by atoms with Gasteiger partial charge >= 0.3 is 0 Å². The molecule has 0 saturated carbocycles. The van der Waals surface area contributed by atoms with E-state index < -0.39 is 11.8 Å². The zero-order valence-electron chi connectivity index (χ0n) is 16.5. The molecule has 3 rings (SSSR count). The molecular formula is C21H28N4O3. The van der Waals surface area contributed by atoms with E-state index in [4.69, 9.17) is 16.2 Å². The van der Waals surface area contributed by atoms with Gasteiger partial charge in [0.2, 0.25) is 5.91 Å². The van der Waals surface area contributed by atoms with Crippen molar-refractivity contribution in [1.29, 1.82) is 0 Å². The largest absolute Gasteiger partial charge is 0.374 e. The van der Waals surface area contributed by atoms with Crippen molar-refractivity contribution in [3.05, 3.63) is 46.5 Å². The highest BCUT2D eigenvalue weighted by Gasteiger charge is 2.43. The number of rotatable bonds is 6. The Morgan fingerprint density at radius 3 is 2.89 bits per heavy atom. The maximum absolute atomic E-state index is 13.1. The fourth-order valence-corrected chi connectivity index (χ4v) is 4.02. The van der Waals surface area contributed by atoms with Gasteiger partial charge in [-0.15, -0.1) is 0 Å². The van der Waals surface area contributed by atoms with Gasteiger partial charge in [0.05, 0.1) is 24.5 Å². The average molecular weight is 384 g/mol. The highest BCUT2D eigenvalue weighted by molar-refractivity contribution is 6.04. The molecule has 2 aliphatic heterocycles. The molecule has 5 N–H and O–H groups in total. The van der Waals surface area contributed by atoms with Gasteiger partial charge in [-0.2, -0.15) is 0 Å². The van der Waals surface area contributed by atoms with Crippen LogP contribution in [0.1, 0.15) is 33.1 Å². The number of aliphatic imine (C=N–C) groups is 1. The second-order valence-electron chi connectivity index (χ2n) is 8.09. The number of carbonyl (C=O) groups is 2. The molecule has 1 amide bonds. The molecule has 28 heavy (non-hydrogen) atoms. The van der Waals surface area contributed by atoms with Crippen molar-refractivity contribution in [2.24, 2.45) is 27.8 Å². The van der Waals surface area contributed by atoms with Crippen molar-refractivity contribution in [2.75, 3.05) is 19.8 Å². The van der Waals surface area contributed by atoms with Gasteiger partial charge in [0.15, 0.2) is 5.78 Å². The highest BCUT2D eigenvalue weighted by atomic mass is 16.5. The molecule has 150 valence electrons. The van der Waals surface area contributed by atoms with Crippen molar-refractivity contribution in [2.45, 2.75) is 33.1 Å². The van der Waals surface area contributed by atoms with Crippen molar-refractivity contribution < 1.29 is 14.3 Å². The summed E-state index contributed by atoms with van der Waals surface area (Å²) in [6, 6.07) is 0. The van der Waals surface area contributed by atoms with Crippen LogP contribution in [0, 0.1) is 11.3 Å². The molecule has 7 nitrogen and oxygen atoms in total. The van der Waals surface area contributed by atoms with E-state index in [1.54, 1.807) is 12.4 Å². The number of Topliss-reactive ketones (excluding diaryl/α,β-unsaturated/α-hetero) is 1. The number of hydrogen-bond acceptors (Lipinski definition) is 6. The Balaban J connectivity index is 2.13. The lowest BCUT2D eigenvalue weighted by molar-refractivity contribution is -0.118. The lowest BCUT2D eigenvalue weighted by Gasteiger charge is -2.40. The van der Waals surface area contributed by atoms with Gasteiger partial charge in [0, 0.05) is 49.0 Å². The van der Waals surface area contributed by atoms with Crippen LogP contribution in [0.4, 0.5) is 0 Å². The van der Waals surface area contributed by atoms with Gasteiger partial charge in [0.25, 0.3) is 0 Å². The van der Waals surface area contributed by atoms with E-state index in [2.05, 4.69) is 24.2 Å². The van der Waals surface area contributed by atoms with Gasteiger partial charge in [0.1, 0.15) is 0 Å². The van der Waals surface area contributed by atoms with Crippen molar-refractivity contribution in [3.63, 3.8) is 0 Å². The number of ether oxygens (including phenoxy) is 1. The maximum Gasteiger partial charge on any atom is 0.247 e. The number of ketones is 1. The number of amides is 1. The van der Waals surface area contributed by atoms with E-state index in [9.17, 15) is 9.59 Å². The van der Waals surface area contributed by atoms with Gasteiger partial charge < -0.3 is 21.5 Å². The molecule has 0 aromatic rings. The first-order valence-corrected chi connectivity index (χ1v) is 9.56. The number of allylic oxidation sites excluding steroid dienone is 5. The monoisotopic (exact) mass is 384 g/mol. The van der Waals surface area contributed by atoms with E-state index in [-0.39, 0.29) is 17.8 Å². The van der Waals surface area contributed by atoms with Gasteiger partial charge in [-0.25, -0.2) is 0 Å². The van der Waals surface area contributed by atoms with E-state index in [1.165, 1.54) is 0 Å². The molecule has 0 bridgehead atoms. The summed E-state index contributed by atoms with van der Waals surface area (Å²) in [6.45, 7) is 5.06. The topological polar surface area (TPSA) is 120 Å². The number of hydrogen-bond donors (Lipinski definition) is 3. The smallest absolute Gasteiger partial charge is 0.247 e. The fraction of sp³-hybridized carbons (Fsp3) is 0.476. The quantitative estimate of drug-likeness (QED) is 0.599. The fourth-order valence-electron chi connectivity index (χ4n) is 4.02. The van der Waals surface area contributed by atoms with Gasteiger partial charge in [-0.3, -0.25) is 14.6 Å². The lowest BCUT2D eigenvalue weighted by Crippen LogP contribution is -2.42. The van der Waals surface area contributed by atoms with Crippen LogP contribution < -0.4 is 16.8 Å². The van der Waals surface area contributed by atoms with Crippen LogP contribution in [0.5, 0.6) is 0 Å². The van der Waals surface area contributed by atoms with Crippen LogP contribution in [0.15, 0.2) is 51.5 Å². The second kappa shape index (κ2) is 8.24. The number of carbonyl (C=O) groups excluding carboxylic acids is 2. The number of primary amides is 1. The molecule has 0 radical (unpaired) electrons.